The number of ether oxygens (including phenoxy) is 1. The molecule has 6 heteroatoms. The van der Waals surface area contributed by atoms with E-state index in [-0.39, 0.29) is 11.9 Å². The Bertz CT molecular complexity index is 503. The van der Waals surface area contributed by atoms with Crippen molar-refractivity contribution in [2.45, 2.75) is 52.3 Å². The third-order valence-electron chi connectivity index (χ3n) is 2.93. The van der Waals surface area contributed by atoms with E-state index in [1.165, 1.54) is 12.1 Å². The topological polar surface area (TPSA) is 50.4 Å². The molecular formula is C16H24BrFN2O2. The van der Waals surface area contributed by atoms with Gasteiger partial charge in [0.2, 0.25) is 0 Å². The van der Waals surface area contributed by atoms with Crippen molar-refractivity contribution < 1.29 is 13.9 Å². The molecule has 0 aliphatic rings. The SMILES string of the molecule is CCC(CNCc1ccc(F)cc1Br)NC(=O)OC(C)(C)C. The molecule has 1 rings (SSSR count). The number of rotatable bonds is 6. The number of hydrogen-bond acceptors (Lipinski definition) is 3. The standard InChI is InChI=1S/C16H24BrFN2O2/c1-5-13(20-15(21)22-16(2,3)4)10-19-9-11-6-7-12(18)8-14(11)17/h6-8,13,19H,5,9-10H2,1-4H3,(H,20,21). The normalized spacial score (nSPS) is 12.8. The highest BCUT2D eigenvalue weighted by Crippen LogP contribution is 2.17. The molecule has 0 aliphatic heterocycles. The highest BCUT2D eigenvalue weighted by Gasteiger charge is 2.18. The summed E-state index contributed by atoms with van der Waals surface area (Å²) in [6.07, 6.45) is 0.376. The van der Waals surface area contributed by atoms with E-state index in [9.17, 15) is 9.18 Å². The van der Waals surface area contributed by atoms with Crippen LogP contribution in [0.5, 0.6) is 0 Å². The van der Waals surface area contributed by atoms with Crippen molar-refractivity contribution in [3.8, 4) is 0 Å². The summed E-state index contributed by atoms with van der Waals surface area (Å²) in [5.74, 6) is -0.270. The van der Waals surface area contributed by atoms with Gasteiger partial charge >= 0.3 is 6.09 Å². The van der Waals surface area contributed by atoms with Crippen LogP contribution in [0.2, 0.25) is 0 Å². The van der Waals surface area contributed by atoms with Gasteiger partial charge in [0.25, 0.3) is 0 Å². The van der Waals surface area contributed by atoms with Gasteiger partial charge in [0.15, 0.2) is 0 Å². The molecule has 0 aromatic heterocycles. The van der Waals surface area contributed by atoms with Crippen LogP contribution < -0.4 is 10.6 Å². The zero-order valence-corrected chi connectivity index (χ0v) is 15.1. The van der Waals surface area contributed by atoms with Crippen molar-refractivity contribution in [1.82, 2.24) is 10.6 Å². The van der Waals surface area contributed by atoms with Crippen molar-refractivity contribution in [3.05, 3.63) is 34.1 Å². The quantitative estimate of drug-likeness (QED) is 0.791. The lowest BCUT2D eigenvalue weighted by Gasteiger charge is -2.23. The van der Waals surface area contributed by atoms with Crippen molar-refractivity contribution >= 4 is 22.0 Å². The first-order valence-corrected chi connectivity index (χ1v) is 8.14. The molecule has 1 atom stereocenters. The number of nitrogens with one attached hydrogen (secondary N) is 2. The maximum Gasteiger partial charge on any atom is 0.407 e. The molecule has 0 spiro atoms. The van der Waals surface area contributed by atoms with E-state index in [1.54, 1.807) is 6.07 Å². The van der Waals surface area contributed by atoms with Crippen LogP contribution >= 0.6 is 15.9 Å². The molecule has 0 aliphatic carbocycles. The molecule has 1 amide bonds. The minimum Gasteiger partial charge on any atom is -0.444 e. The molecule has 1 aromatic carbocycles. The molecular weight excluding hydrogens is 351 g/mol. The third-order valence-corrected chi connectivity index (χ3v) is 3.67. The predicted molar refractivity (Wildman–Crippen MR) is 89.3 cm³/mol. The Morgan fingerprint density at radius 2 is 2.09 bits per heavy atom. The number of carbonyl (C=O) groups is 1. The van der Waals surface area contributed by atoms with Crippen LogP contribution in [-0.2, 0) is 11.3 Å². The zero-order valence-electron chi connectivity index (χ0n) is 13.5. The van der Waals surface area contributed by atoms with E-state index in [2.05, 4.69) is 26.6 Å². The van der Waals surface area contributed by atoms with E-state index in [0.29, 0.717) is 13.1 Å². The van der Waals surface area contributed by atoms with E-state index in [0.717, 1.165) is 16.5 Å². The lowest BCUT2D eigenvalue weighted by molar-refractivity contribution is 0.0502. The maximum atomic E-state index is 13.0. The van der Waals surface area contributed by atoms with Gasteiger partial charge in [0.05, 0.1) is 0 Å². The van der Waals surface area contributed by atoms with E-state index in [4.69, 9.17) is 4.74 Å². The average molecular weight is 375 g/mol. The fourth-order valence-electron chi connectivity index (χ4n) is 1.82. The van der Waals surface area contributed by atoms with Crippen LogP contribution in [0.25, 0.3) is 0 Å². The van der Waals surface area contributed by atoms with E-state index >= 15 is 0 Å². The van der Waals surface area contributed by atoms with Crippen molar-refractivity contribution in [3.63, 3.8) is 0 Å². The molecule has 124 valence electrons. The average Bonchev–Trinajstić information content (AvgIpc) is 2.37. The van der Waals surface area contributed by atoms with Gasteiger partial charge < -0.3 is 15.4 Å². The second-order valence-electron chi connectivity index (χ2n) is 6.12. The Hall–Kier alpha value is -1.14. The summed E-state index contributed by atoms with van der Waals surface area (Å²) in [5.41, 5.74) is 0.461. The van der Waals surface area contributed by atoms with Gasteiger partial charge in [0, 0.05) is 23.6 Å². The van der Waals surface area contributed by atoms with Crippen LogP contribution in [0.4, 0.5) is 9.18 Å². The van der Waals surface area contributed by atoms with Gasteiger partial charge in [-0.25, -0.2) is 9.18 Å². The van der Waals surface area contributed by atoms with Crippen molar-refractivity contribution in [1.29, 1.82) is 0 Å². The monoisotopic (exact) mass is 374 g/mol. The van der Waals surface area contributed by atoms with Gasteiger partial charge in [-0.15, -0.1) is 0 Å². The molecule has 4 nitrogen and oxygen atoms in total. The molecule has 2 N–H and O–H groups in total. The number of alkyl carbamates (subject to hydrolysis) is 1. The highest BCUT2D eigenvalue weighted by molar-refractivity contribution is 9.10. The predicted octanol–water partition coefficient (Wildman–Crippen LogP) is 3.98. The first-order chi connectivity index (χ1) is 10.2. The van der Waals surface area contributed by atoms with Gasteiger partial charge in [-0.05, 0) is 44.9 Å². The fourth-order valence-corrected chi connectivity index (χ4v) is 2.31. The molecule has 0 radical (unpaired) electrons. The number of halogens is 2. The van der Waals surface area contributed by atoms with Gasteiger partial charge in [-0.3, -0.25) is 0 Å². The minimum absolute atomic E-state index is 0.0194. The van der Waals surface area contributed by atoms with E-state index < -0.39 is 11.7 Å². The molecule has 0 bridgehead atoms. The number of carbonyl (C=O) groups excluding carboxylic acids is 1. The van der Waals surface area contributed by atoms with Gasteiger partial charge in [0.1, 0.15) is 11.4 Å². The second kappa shape index (κ2) is 8.48. The van der Waals surface area contributed by atoms with Crippen LogP contribution in [0.1, 0.15) is 39.7 Å². The summed E-state index contributed by atoms with van der Waals surface area (Å²) in [4.78, 5) is 11.7. The van der Waals surface area contributed by atoms with Crippen molar-refractivity contribution in [2.75, 3.05) is 6.54 Å². The Balaban J connectivity index is 2.42. The fraction of sp³-hybridized carbons (Fsp3) is 0.562. The van der Waals surface area contributed by atoms with E-state index in [1.807, 2.05) is 27.7 Å². The summed E-state index contributed by atoms with van der Waals surface area (Å²) in [5, 5.41) is 6.10. The lowest BCUT2D eigenvalue weighted by atomic mass is 10.2. The number of benzene rings is 1. The summed E-state index contributed by atoms with van der Waals surface area (Å²) < 4.78 is 19.0. The van der Waals surface area contributed by atoms with Gasteiger partial charge in [-0.2, -0.15) is 0 Å². The molecule has 0 saturated carbocycles. The van der Waals surface area contributed by atoms with Crippen LogP contribution in [-0.4, -0.2) is 24.3 Å². The summed E-state index contributed by atoms with van der Waals surface area (Å²) in [7, 11) is 0. The Labute approximate surface area is 139 Å². The highest BCUT2D eigenvalue weighted by atomic mass is 79.9. The zero-order chi connectivity index (χ0) is 16.8. The lowest BCUT2D eigenvalue weighted by Crippen LogP contribution is -2.43. The molecule has 0 saturated heterocycles. The number of hydrogen-bond donors (Lipinski definition) is 2. The smallest absolute Gasteiger partial charge is 0.407 e. The van der Waals surface area contributed by atoms with Crippen LogP contribution in [0.15, 0.2) is 22.7 Å². The number of amides is 1. The van der Waals surface area contributed by atoms with Gasteiger partial charge in [-0.1, -0.05) is 28.9 Å². The van der Waals surface area contributed by atoms with Crippen LogP contribution in [0, 0.1) is 5.82 Å². The Morgan fingerprint density at radius 1 is 1.41 bits per heavy atom. The molecule has 0 fully saturated rings. The molecule has 0 heterocycles. The third kappa shape index (κ3) is 7.22. The maximum absolute atomic E-state index is 13.0. The molecule has 1 aromatic rings. The Morgan fingerprint density at radius 3 is 2.64 bits per heavy atom. The Kier molecular flexibility index (Phi) is 7.29. The molecule has 22 heavy (non-hydrogen) atoms. The molecule has 1 unspecified atom stereocenters. The van der Waals surface area contributed by atoms with Crippen molar-refractivity contribution in [2.24, 2.45) is 0 Å². The summed E-state index contributed by atoms with van der Waals surface area (Å²) >= 11 is 3.33. The largest absolute Gasteiger partial charge is 0.444 e. The minimum atomic E-state index is -0.505. The first-order valence-electron chi connectivity index (χ1n) is 7.35. The first kappa shape index (κ1) is 18.9. The summed E-state index contributed by atoms with van der Waals surface area (Å²) in [6, 6.07) is 4.58. The van der Waals surface area contributed by atoms with Crippen LogP contribution in [0.3, 0.4) is 0 Å². The summed E-state index contributed by atoms with van der Waals surface area (Å²) in [6.45, 7) is 8.69. The second-order valence-corrected chi connectivity index (χ2v) is 6.97.